The van der Waals surface area contributed by atoms with Crippen LogP contribution in [-0.4, -0.2) is 41.5 Å². The van der Waals surface area contributed by atoms with E-state index in [0.717, 1.165) is 25.7 Å². The van der Waals surface area contributed by atoms with E-state index in [0.29, 0.717) is 12.0 Å². The third-order valence-electron chi connectivity index (χ3n) is 3.90. The summed E-state index contributed by atoms with van der Waals surface area (Å²) in [7, 11) is 0. The van der Waals surface area contributed by atoms with Gasteiger partial charge in [0.1, 0.15) is 5.60 Å². The number of hydrogen-bond donors (Lipinski definition) is 3. The van der Waals surface area contributed by atoms with Crippen LogP contribution in [0, 0.1) is 5.92 Å². The van der Waals surface area contributed by atoms with Crippen molar-refractivity contribution in [2.75, 3.05) is 6.61 Å². The monoisotopic (exact) mass is 300 g/mol. The van der Waals surface area contributed by atoms with Gasteiger partial charge in [0.2, 0.25) is 0 Å². The second kappa shape index (κ2) is 7.99. The zero-order chi connectivity index (χ0) is 16.0. The highest BCUT2D eigenvalue weighted by Crippen LogP contribution is 2.20. The van der Waals surface area contributed by atoms with E-state index in [-0.39, 0.29) is 24.8 Å². The van der Waals surface area contributed by atoms with Gasteiger partial charge < -0.3 is 20.5 Å². The summed E-state index contributed by atoms with van der Waals surface area (Å²) in [4.78, 5) is 11.7. The summed E-state index contributed by atoms with van der Waals surface area (Å²) in [5, 5.41) is 15.8. The lowest BCUT2D eigenvalue weighted by Gasteiger charge is -2.33. The molecule has 3 N–H and O–H groups in total. The Kier molecular flexibility index (Phi) is 6.94. The minimum atomic E-state index is -0.450. The van der Waals surface area contributed by atoms with Crippen molar-refractivity contribution in [3.63, 3.8) is 0 Å². The summed E-state index contributed by atoms with van der Waals surface area (Å²) in [6.07, 6.45) is 3.61. The first kappa shape index (κ1) is 18.2. The van der Waals surface area contributed by atoms with E-state index in [1.165, 1.54) is 0 Å². The predicted molar refractivity (Wildman–Crippen MR) is 84.3 cm³/mol. The maximum atomic E-state index is 11.7. The minimum absolute atomic E-state index is 0.158. The molecule has 0 radical (unpaired) electrons. The van der Waals surface area contributed by atoms with E-state index in [4.69, 9.17) is 4.74 Å². The number of hydrogen-bond acceptors (Lipinski definition) is 4. The van der Waals surface area contributed by atoms with Gasteiger partial charge in [-0.1, -0.05) is 13.8 Å². The van der Waals surface area contributed by atoms with Crippen LogP contribution in [0.25, 0.3) is 0 Å². The Morgan fingerprint density at radius 1 is 1.19 bits per heavy atom. The molecule has 0 heterocycles. The minimum Gasteiger partial charge on any atom is -0.444 e. The molecule has 1 saturated carbocycles. The van der Waals surface area contributed by atoms with Gasteiger partial charge in [-0.15, -0.1) is 0 Å². The number of rotatable bonds is 5. The average Bonchev–Trinajstić information content (AvgIpc) is 2.35. The number of amides is 1. The van der Waals surface area contributed by atoms with Crippen LogP contribution < -0.4 is 10.6 Å². The SMILES string of the molecule is CC(C)[C@@H](CO)NC1CCC(NC(=O)OC(C)(C)C)CC1. The van der Waals surface area contributed by atoms with Crippen molar-refractivity contribution in [1.29, 1.82) is 0 Å². The van der Waals surface area contributed by atoms with Crippen molar-refractivity contribution >= 4 is 6.09 Å². The fourth-order valence-corrected chi connectivity index (χ4v) is 2.64. The smallest absolute Gasteiger partial charge is 0.407 e. The number of alkyl carbamates (subject to hydrolysis) is 1. The molecule has 5 nitrogen and oxygen atoms in total. The summed E-state index contributed by atoms with van der Waals surface area (Å²) in [5.74, 6) is 0.424. The average molecular weight is 300 g/mol. The van der Waals surface area contributed by atoms with Gasteiger partial charge in [-0.25, -0.2) is 4.79 Å². The molecule has 1 rings (SSSR count). The van der Waals surface area contributed by atoms with Crippen LogP contribution in [0.4, 0.5) is 4.79 Å². The predicted octanol–water partition coefficient (Wildman–Crippen LogP) is 2.43. The summed E-state index contributed by atoms with van der Waals surface area (Å²) in [5.41, 5.74) is -0.450. The molecule has 1 amide bonds. The molecule has 5 heteroatoms. The van der Waals surface area contributed by atoms with Crippen molar-refractivity contribution in [2.24, 2.45) is 5.92 Å². The number of aliphatic hydroxyl groups is 1. The number of nitrogens with one attached hydrogen (secondary N) is 2. The third-order valence-corrected chi connectivity index (χ3v) is 3.90. The second-order valence-electron chi connectivity index (χ2n) is 7.39. The van der Waals surface area contributed by atoms with Crippen molar-refractivity contribution in [2.45, 2.75) is 84.0 Å². The Morgan fingerprint density at radius 3 is 2.14 bits per heavy atom. The topological polar surface area (TPSA) is 70.6 Å². The highest BCUT2D eigenvalue weighted by molar-refractivity contribution is 5.68. The zero-order valence-corrected chi connectivity index (χ0v) is 14.1. The van der Waals surface area contributed by atoms with Gasteiger partial charge in [-0.3, -0.25) is 0 Å². The standard InChI is InChI=1S/C16H32N2O3/c1-11(2)14(10-19)17-12-6-8-13(9-7-12)18-15(20)21-16(3,4)5/h11-14,17,19H,6-10H2,1-5H3,(H,18,20)/t12?,13?,14-/m1/s1. The van der Waals surface area contributed by atoms with Gasteiger partial charge in [0, 0.05) is 18.1 Å². The lowest BCUT2D eigenvalue weighted by Crippen LogP contribution is -2.48. The van der Waals surface area contributed by atoms with Crippen LogP contribution in [-0.2, 0) is 4.74 Å². The molecule has 124 valence electrons. The molecule has 21 heavy (non-hydrogen) atoms. The quantitative estimate of drug-likeness (QED) is 0.729. The highest BCUT2D eigenvalue weighted by atomic mass is 16.6. The van der Waals surface area contributed by atoms with Gasteiger partial charge >= 0.3 is 6.09 Å². The molecular weight excluding hydrogens is 268 g/mol. The molecular formula is C16H32N2O3. The molecule has 0 aromatic rings. The Hall–Kier alpha value is -0.810. The first-order valence-electron chi connectivity index (χ1n) is 8.07. The maximum absolute atomic E-state index is 11.7. The molecule has 1 fully saturated rings. The summed E-state index contributed by atoms with van der Waals surface area (Å²) in [6, 6.07) is 0.788. The molecule has 0 aliphatic heterocycles. The number of ether oxygens (including phenoxy) is 1. The van der Waals surface area contributed by atoms with E-state index in [1.54, 1.807) is 0 Å². The van der Waals surface area contributed by atoms with E-state index >= 15 is 0 Å². The Balaban J connectivity index is 2.30. The highest BCUT2D eigenvalue weighted by Gasteiger charge is 2.26. The lowest BCUT2D eigenvalue weighted by atomic mass is 9.90. The summed E-state index contributed by atoms with van der Waals surface area (Å²) < 4.78 is 5.28. The molecule has 0 bridgehead atoms. The first-order chi connectivity index (χ1) is 9.71. The van der Waals surface area contributed by atoms with Crippen LogP contribution >= 0.6 is 0 Å². The number of carbonyl (C=O) groups is 1. The molecule has 0 unspecified atom stereocenters. The lowest BCUT2D eigenvalue weighted by molar-refractivity contribution is 0.0488. The van der Waals surface area contributed by atoms with Gasteiger partial charge in [0.25, 0.3) is 0 Å². The van der Waals surface area contributed by atoms with Crippen LogP contribution in [0.3, 0.4) is 0 Å². The van der Waals surface area contributed by atoms with Gasteiger partial charge in [0.05, 0.1) is 6.61 Å². The van der Waals surface area contributed by atoms with E-state index in [9.17, 15) is 9.90 Å². The van der Waals surface area contributed by atoms with Gasteiger partial charge in [0.15, 0.2) is 0 Å². The van der Waals surface area contributed by atoms with Crippen LogP contribution in [0.5, 0.6) is 0 Å². The molecule has 1 atom stereocenters. The Labute approximate surface area is 128 Å². The zero-order valence-electron chi connectivity index (χ0n) is 14.1. The van der Waals surface area contributed by atoms with E-state index < -0.39 is 5.60 Å². The van der Waals surface area contributed by atoms with Crippen LogP contribution in [0.2, 0.25) is 0 Å². The fourth-order valence-electron chi connectivity index (χ4n) is 2.64. The van der Waals surface area contributed by atoms with Crippen molar-refractivity contribution in [1.82, 2.24) is 10.6 Å². The molecule has 0 spiro atoms. The molecule has 1 aliphatic carbocycles. The summed E-state index contributed by atoms with van der Waals surface area (Å²) >= 11 is 0. The van der Waals surface area contributed by atoms with Crippen molar-refractivity contribution < 1.29 is 14.6 Å². The van der Waals surface area contributed by atoms with Gasteiger partial charge in [-0.2, -0.15) is 0 Å². The molecule has 0 aromatic carbocycles. The van der Waals surface area contributed by atoms with Crippen molar-refractivity contribution in [3.8, 4) is 0 Å². The van der Waals surface area contributed by atoms with E-state index in [1.807, 2.05) is 20.8 Å². The first-order valence-corrected chi connectivity index (χ1v) is 8.07. The second-order valence-corrected chi connectivity index (χ2v) is 7.39. The maximum Gasteiger partial charge on any atom is 0.407 e. The van der Waals surface area contributed by atoms with Crippen molar-refractivity contribution in [3.05, 3.63) is 0 Å². The van der Waals surface area contributed by atoms with Crippen LogP contribution in [0.1, 0.15) is 60.3 Å². The van der Waals surface area contributed by atoms with E-state index in [2.05, 4.69) is 24.5 Å². The fraction of sp³-hybridized carbons (Fsp3) is 0.938. The molecule has 1 aliphatic rings. The van der Waals surface area contributed by atoms with Crippen LogP contribution in [0.15, 0.2) is 0 Å². The van der Waals surface area contributed by atoms with Gasteiger partial charge in [-0.05, 0) is 52.4 Å². The Morgan fingerprint density at radius 2 is 1.71 bits per heavy atom. The molecule has 0 aromatic heterocycles. The molecule has 0 saturated heterocycles. The third kappa shape index (κ3) is 7.14. The normalized spacial score (nSPS) is 24.7. The number of carbonyl (C=O) groups excluding carboxylic acids is 1. The summed E-state index contributed by atoms with van der Waals surface area (Å²) in [6.45, 7) is 10.0. The Bertz CT molecular complexity index is 318. The number of aliphatic hydroxyl groups excluding tert-OH is 1. The largest absolute Gasteiger partial charge is 0.444 e.